The average Bonchev–Trinajstić information content (AvgIpc) is 2.84. The van der Waals surface area contributed by atoms with Gasteiger partial charge < -0.3 is 9.47 Å². The molecule has 0 radical (unpaired) electrons. The monoisotopic (exact) mass is 404 g/mol. The van der Waals surface area contributed by atoms with Gasteiger partial charge in [-0.15, -0.1) is 0 Å². The van der Waals surface area contributed by atoms with Crippen molar-refractivity contribution in [2.24, 2.45) is 0 Å². The number of hydrogen-bond acceptors (Lipinski definition) is 6. The van der Waals surface area contributed by atoms with E-state index in [1.165, 1.54) is 24.3 Å². The molecule has 148 valence electrons. The van der Waals surface area contributed by atoms with Crippen LogP contribution in [0.2, 0.25) is 0 Å². The molecule has 3 rings (SSSR count). The van der Waals surface area contributed by atoms with Crippen LogP contribution in [0.25, 0.3) is 0 Å². The summed E-state index contributed by atoms with van der Waals surface area (Å²) in [6.07, 6.45) is 3.40. The second kappa shape index (κ2) is 8.42. The largest absolute Gasteiger partial charge is 0.497 e. The number of carbonyl (C=O) groups excluding carboxylic acids is 1. The lowest BCUT2D eigenvalue weighted by Gasteiger charge is -2.19. The number of ether oxygens (including phenoxy) is 2. The van der Waals surface area contributed by atoms with Gasteiger partial charge in [0.05, 0.1) is 18.6 Å². The van der Waals surface area contributed by atoms with E-state index in [9.17, 15) is 18.4 Å². The standard InChI is InChI=1S/C19H20N2O6S/c1-26-14-5-7-15(8-6-14)27-16-9-11-17(12-10-16)28(24,25)20-18-4-2-3-13-21(23)19(18)22/h2-3,5-12,18,20,23H,4,13H2,1H3. The van der Waals surface area contributed by atoms with Gasteiger partial charge in [-0.05, 0) is 55.0 Å². The Balaban J connectivity index is 1.70. The minimum Gasteiger partial charge on any atom is -0.497 e. The molecule has 0 fully saturated rings. The van der Waals surface area contributed by atoms with Crippen LogP contribution >= 0.6 is 0 Å². The Bertz CT molecular complexity index is 955. The Kier molecular flexibility index (Phi) is 5.98. The second-order valence-electron chi connectivity index (χ2n) is 6.05. The van der Waals surface area contributed by atoms with Gasteiger partial charge in [-0.2, -0.15) is 4.72 Å². The number of hydrogen-bond donors (Lipinski definition) is 2. The molecule has 0 aliphatic carbocycles. The molecule has 2 aromatic carbocycles. The minimum absolute atomic E-state index is 0.0138. The van der Waals surface area contributed by atoms with Crippen molar-refractivity contribution in [1.29, 1.82) is 0 Å². The van der Waals surface area contributed by atoms with Gasteiger partial charge in [-0.25, -0.2) is 13.5 Å². The number of benzene rings is 2. The van der Waals surface area contributed by atoms with Crippen LogP contribution in [0.5, 0.6) is 17.2 Å². The first-order valence-electron chi connectivity index (χ1n) is 8.48. The Hall–Kier alpha value is -2.88. The minimum atomic E-state index is -3.95. The first-order chi connectivity index (χ1) is 13.4. The fourth-order valence-electron chi connectivity index (χ4n) is 2.60. The number of nitrogens with one attached hydrogen (secondary N) is 1. The van der Waals surface area contributed by atoms with Crippen LogP contribution in [0.15, 0.2) is 65.6 Å². The molecule has 0 bridgehead atoms. The molecule has 1 atom stereocenters. The molecule has 8 nitrogen and oxygen atoms in total. The van der Waals surface area contributed by atoms with Gasteiger partial charge in [0.15, 0.2) is 0 Å². The fraction of sp³-hybridized carbons (Fsp3) is 0.211. The molecular weight excluding hydrogens is 384 g/mol. The Morgan fingerprint density at radius 1 is 1.00 bits per heavy atom. The van der Waals surface area contributed by atoms with Crippen LogP contribution in [0.3, 0.4) is 0 Å². The summed E-state index contributed by atoms with van der Waals surface area (Å²) in [5, 5.41) is 10.1. The SMILES string of the molecule is COc1ccc(Oc2ccc(S(=O)(=O)NC3CC=CCN(O)C3=O)cc2)cc1. The number of sulfonamides is 1. The Morgan fingerprint density at radius 2 is 1.57 bits per heavy atom. The summed E-state index contributed by atoms with van der Waals surface area (Å²) in [6, 6.07) is 11.7. The van der Waals surface area contributed by atoms with E-state index < -0.39 is 22.0 Å². The van der Waals surface area contributed by atoms with E-state index in [2.05, 4.69) is 4.72 Å². The van der Waals surface area contributed by atoms with Gasteiger partial charge in [-0.3, -0.25) is 10.0 Å². The van der Waals surface area contributed by atoms with E-state index in [1.54, 1.807) is 43.5 Å². The molecule has 9 heteroatoms. The molecular formula is C19H20N2O6S. The molecule has 1 aliphatic rings. The number of nitrogens with zero attached hydrogens (tertiary/aromatic N) is 1. The van der Waals surface area contributed by atoms with Crippen molar-refractivity contribution in [2.45, 2.75) is 17.4 Å². The number of amides is 1. The van der Waals surface area contributed by atoms with E-state index in [-0.39, 0.29) is 17.9 Å². The summed E-state index contributed by atoms with van der Waals surface area (Å²) in [7, 11) is -2.38. The van der Waals surface area contributed by atoms with Crippen molar-refractivity contribution in [3.63, 3.8) is 0 Å². The normalized spacial score (nSPS) is 17.3. The third-order valence-electron chi connectivity index (χ3n) is 4.10. The summed E-state index contributed by atoms with van der Waals surface area (Å²) >= 11 is 0. The van der Waals surface area contributed by atoms with Crippen molar-refractivity contribution < 1.29 is 27.9 Å². The summed E-state index contributed by atoms with van der Waals surface area (Å²) in [5.74, 6) is 1.03. The van der Waals surface area contributed by atoms with E-state index in [0.29, 0.717) is 22.3 Å². The zero-order valence-corrected chi connectivity index (χ0v) is 15.9. The molecule has 1 aliphatic heterocycles. The molecule has 2 aromatic rings. The van der Waals surface area contributed by atoms with Crippen LogP contribution < -0.4 is 14.2 Å². The van der Waals surface area contributed by atoms with Crippen molar-refractivity contribution in [3.8, 4) is 17.2 Å². The first-order valence-corrected chi connectivity index (χ1v) is 9.97. The van der Waals surface area contributed by atoms with Gasteiger partial charge in [0.2, 0.25) is 10.0 Å². The van der Waals surface area contributed by atoms with E-state index in [0.717, 1.165) is 0 Å². The van der Waals surface area contributed by atoms with Gasteiger partial charge in [0.25, 0.3) is 5.91 Å². The van der Waals surface area contributed by atoms with E-state index in [4.69, 9.17) is 9.47 Å². The maximum atomic E-state index is 12.6. The van der Waals surface area contributed by atoms with Crippen molar-refractivity contribution in [2.75, 3.05) is 13.7 Å². The number of rotatable bonds is 6. The first kappa shape index (κ1) is 19.9. The lowest BCUT2D eigenvalue weighted by molar-refractivity contribution is -0.164. The highest BCUT2D eigenvalue weighted by molar-refractivity contribution is 7.89. The van der Waals surface area contributed by atoms with Gasteiger partial charge in [0.1, 0.15) is 23.3 Å². The van der Waals surface area contributed by atoms with Crippen molar-refractivity contribution in [1.82, 2.24) is 9.79 Å². The summed E-state index contributed by atoms with van der Waals surface area (Å²) < 4.78 is 38.2. The second-order valence-corrected chi connectivity index (χ2v) is 7.76. The van der Waals surface area contributed by atoms with Gasteiger partial charge in [-0.1, -0.05) is 12.2 Å². The quantitative estimate of drug-likeness (QED) is 0.565. The molecule has 0 saturated heterocycles. The fourth-order valence-corrected chi connectivity index (χ4v) is 3.80. The highest BCUT2D eigenvalue weighted by Crippen LogP contribution is 2.25. The predicted octanol–water partition coefficient (Wildman–Crippen LogP) is 2.31. The van der Waals surface area contributed by atoms with Crippen LogP contribution in [-0.2, 0) is 14.8 Å². The molecule has 0 saturated carbocycles. The summed E-state index contributed by atoms with van der Waals surface area (Å²) in [4.78, 5) is 12.0. The zero-order chi connectivity index (χ0) is 20.1. The molecule has 0 aromatic heterocycles. The van der Waals surface area contributed by atoms with E-state index >= 15 is 0 Å². The lowest BCUT2D eigenvalue weighted by atomic mass is 10.2. The summed E-state index contributed by atoms with van der Waals surface area (Å²) in [6.45, 7) is 0.0223. The molecule has 28 heavy (non-hydrogen) atoms. The van der Waals surface area contributed by atoms with Crippen LogP contribution in [0.4, 0.5) is 0 Å². The number of methoxy groups -OCH3 is 1. The third-order valence-corrected chi connectivity index (χ3v) is 5.58. The molecule has 1 heterocycles. The molecule has 0 spiro atoms. The predicted molar refractivity (Wildman–Crippen MR) is 101 cm³/mol. The highest BCUT2D eigenvalue weighted by Gasteiger charge is 2.29. The summed E-state index contributed by atoms with van der Waals surface area (Å²) in [5.41, 5.74) is 0. The maximum Gasteiger partial charge on any atom is 0.264 e. The highest BCUT2D eigenvalue weighted by atomic mass is 32.2. The van der Waals surface area contributed by atoms with Crippen LogP contribution in [-0.4, -0.2) is 44.3 Å². The molecule has 2 N–H and O–H groups in total. The third kappa shape index (κ3) is 4.69. The zero-order valence-electron chi connectivity index (χ0n) is 15.1. The van der Waals surface area contributed by atoms with Crippen LogP contribution in [0, 0.1) is 0 Å². The van der Waals surface area contributed by atoms with Crippen LogP contribution in [0.1, 0.15) is 6.42 Å². The lowest BCUT2D eigenvalue weighted by Crippen LogP contribution is -2.46. The van der Waals surface area contributed by atoms with Gasteiger partial charge in [0, 0.05) is 0 Å². The van der Waals surface area contributed by atoms with Gasteiger partial charge >= 0.3 is 0 Å². The molecule has 1 amide bonds. The van der Waals surface area contributed by atoms with E-state index in [1.807, 2.05) is 0 Å². The number of carbonyl (C=O) groups is 1. The van der Waals surface area contributed by atoms with Crippen molar-refractivity contribution >= 4 is 15.9 Å². The molecule has 1 unspecified atom stereocenters. The smallest absolute Gasteiger partial charge is 0.264 e. The Labute approximate surface area is 163 Å². The number of hydroxylamine groups is 2. The van der Waals surface area contributed by atoms with Crippen molar-refractivity contribution in [3.05, 3.63) is 60.7 Å². The topological polar surface area (TPSA) is 105 Å². The maximum absolute atomic E-state index is 12.6. The Morgan fingerprint density at radius 3 is 2.18 bits per heavy atom. The average molecular weight is 404 g/mol.